The summed E-state index contributed by atoms with van der Waals surface area (Å²) in [6, 6.07) is 19.3. The molecule has 0 saturated carbocycles. The van der Waals surface area contributed by atoms with Gasteiger partial charge in [0.05, 0.1) is 6.54 Å². The van der Waals surface area contributed by atoms with E-state index in [1.807, 2.05) is 91.4 Å². The zero-order valence-electron chi connectivity index (χ0n) is 16.6. The van der Waals surface area contributed by atoms with Gasteiger partial charge in [-0.1, -0.05) is 65.8 Å². The summed E-state index contributed by atoms with van der Waals surface area (Å²) in [5.41, 5.74) is 1.90. The fraction of sp³-hybridized carbons (Fsp3) is 0.318. The van der Waals surface area contributed by atoms with Crippen LogP contribution in [0.5, 0.6) is 0 Å². The SMILES string of the molecule is CCN(CC)C(=O)CN(C)[C@H](c1ccccc1)c1nc(-c2ccccc2)no1. The van der Waals surface area contributed by atoms with E-state index in [9.17, 15) is 4.79 Å². The molecule has 0 aliphatic rings. The Balaban J connectivity index is 1.90. The molecular formula is C22H26N4O2. The highest BCUT2D eigenvalue weighted by molar-refractivity contribution is 5.78. The lowest BCUT2D eigenvalue weighted by atomic mass is 10.1. The molecule has 3 rings (SSSR count). The molecule has 146 valence electrons. The van der Waals surface area contributed by atoms with Gasteiger partial charge in [-0.25, -0.2) is 0 Å². The van der Waals surface area contributed by atoms with Gasteiger partial charge in [0.1, 0.15) is 6.04 Å². The number of carbonyl (C=O) groups excluding carboxylic acids is 1. The molecule has 6 heteroatoms. The lowest BCUT2D eigenvalue weighted by molar-refractivity contribution is -0.132. The molecule has 1 amide bonds. The summed E-state index contributed by atoms with van der Waals surface area (Å²) >= 11 is 0. The minimum absolute atomic E-state index is 0.0798. The summed E-state index contributed by atoms with van der Waals surface area (Å²) in [5.74, 6) is 1.09. The average Bonchev–Trinajstić information content (AvgIpc) is 3.20. The summed E-state index contributed by atoms with van der Waals surface area (Å²) in [6.07, 6.45) is 0. The van der Waals surface area contributed by atoms with Gasteiger partial charge in [-0.3, -0.25) is 9.69 Å². The number of carbonyl (C=O) groups is 1. The topological polar surface area (TPSA) is 62.5 Å². The van der Waals surface area contributed by atoms with Crippen molar-refractivity contribution in [2.24, 2.45) is 0 Å². The Morgan fingerprint density at radius 1 is 1.00 bits per heavy atom. The molecule has 28 heavy (non-hydrogen) atoms. The lowest BCUT2D eigenvalue weighted by Gasteiger charge is -2.28. The van der Waals surface area contributed by atoms with Crippen molar-refractivity contribution in [3.8, 4) is 11.4 Å². The number of likely N-dealkylation sites (N-methyl/N-ethyl adjacent to an activating group) is 2. The van der Waals surface area contributed by atoms with E-state index in [4.69, 9.17) is 4.52 Å². The predicted octanol–water partition coefficient (Wildman–Crippen LogP) is 3.63. The third kappa shape index (κ3) is 4.46. The fourth-order valence-electron chi connectivity index (χ4n) is 3.25. The second-order valence-electron chi connectivity index (χ2n) is 6.62. The van der Waals surface area contributed by atoms with E-state index >= 15 is 0 Å². The summed E-state index contributed by atoms with van der Waals surface area (Å²) < 4.78 is 5.62. The maximum absolute atomic E-state index is 12.6. The van der Waals surface area contributed by atoms with E-state index in [1.165, 1.54) is 0 Å². The molecule has 0 N–H and O–H groups in total. The Bertz CT molecular complexity index is 876. The van der Waals surface area contributed by atoms with Gasteiger partial charge in [-0.15, -0.1) is 0 Å². The van der Waals surface area contributed by atoms with Crippen molar-refractivity contribution in [2.75, 3.05) is 26.7 Å². The van der Waals surface area contributed by atoms with Gasteiger partial charge in [0.15, 0.2) is 0 Å². The quantitative estimate of drug-likeness (QED) is 0.599. The number of rotatable bonds is 8. The van der Waals surface area contributed by atoms with Crippen LogP contribution in [0.2, 0.25) is 0 Å². The van der Waals surface area contributed by atoms with Crippen LogP contribution >= 0.6 is 0 Å². The maximum Gasteiger partial charge on any atom is 0.248 e. The Hall–Kier alpha value is -2.99. The molecule has 0 radical (unpaired) electrons. The van der Waals surface area contributed by atoms with Crippen LogP contribution in [0.4, 0.5) is 0 Å². The van der Waals surface area contributed by atoms with Crippen LogP contribution in [0.1, 0.15) is 31.3 Å². The van der Waals surface area contributed by atoms with Crippen LogP contribution in [0.15, 0.2) is 65.2 Å². The Morgan fingerprint density at radius 2 is 1.61 bits per heavy atom. The van der Waals surface area contributed by atoms with E-state index in [1.54, 1.807) is 0 Å². The van der Waals surface area contributed by atoms with Gasteiger partial charge >= 0.3 is 0 Å². The Labute approximate surface area is 165 Å². The number of hydrogen-bond acceptors (Lipinski definition) is 5. The third-order valence-corrected chi connectivity index (χ3v) is 4.76. The van der Waals surface area contributed by atoms with Gasteiger partial charge in [-0.05, 0) is 26.5 Å². The molecule has 6 nitrogen and oxygen atoms in total. The van der Waals surface area contributed by atoms with Crippen molar-refractivity contribution in [3.63, 3.8) is 0 Å². The molecule has 0 aliphatic heterocycles. The number of benzene rings is 2. The molecule has 0 fully saturated rings. The van der Waals surface area contributed by atoms with Crippen LogP contribution in [0, 0.1) is 0 Å². The van der Waals surface area contributed by atoms with Gasteiger partial charge in [0, 0.05) is 18.7 Å². The highest BCUT2D eigenvalue weighted by Crippen LogP contribution is 2.28. The van der Waals surface area contributed by atoms with Crippen LogP contribution in [-0.4, -0.2) is 52.5 Å². The molecule has 3 aromatic rings. The molecule has 2 aromatic carbocycles. The van der Waals surface area contributed by atoms with E-state index < -0.39 is 0 Å². The smallest absolute Gasteiger partial charge is 0.248 e. The summed E-state index contributed by atoms with van der Waals surface area (Å²) in [6.45, 7) is 5.63. The predicted molar refractivity (Wildman–Crippen MR) is 109 cm³/mol. The molecule has 0 bridgehead atoms. The first-order valence-corrected chi connectivity index (χ1v) is 9.56. The standard InChI is InChI=1S/C22H26N4O2/c1-4-26(5-2)19(27)16-25(3)20(17-12-8-6-9-13-17)22-23-21(24-28-22)18-14-10-7-11-15-18/h6-15,20H,4-5,16H2,1-3H3/t20-/m1/s1. The highest BCUT2D eigenvalue weighted by Gasteiger charge is 2.28. The van der Waals surface area contributed by atoms with Gasteiger partial charge in [0.2, 0.25) is 17.6 Å². The number of hydrogen-bond donors (Lipinski definition) is 0. The second kappa shape index (κ2) is 9.28. The Morgan fingerprint density at radius 3 is 2.21 bits per heavy atom. The summed E-state index contributed by atoms with van der Waals surface area (Å²) in [7, 11) is 1.91. The van der Waals surface area contributed by atoms with Crippen LogP contribution in [-0.2, 0) is 4.79 Å². The van der Waals surface area contributed by atoms with Crippen molar-refractivity contribution in [1.82, 2.24) is 19.9 Å². The molecular weight excluding hydrogens is 352 g/mol. The largest absolute Gasteiger partial charge is 0.342 e. The highest BCUT2D eigenvalue weighted by atomic mass is 16.5. The molecule has 0 saturated heterocycles. The zero-order valence-corrected chi connectivity index (χ0v) is 16.6. The zero-order chi connectivity index (χ0) is 19.9. The normalized spacial score (nSPS) is 12.1. The maximum atomic E-state index is 12.6. The lowest BCUT2D eigenvalue weighted by Crippen LogP contribution is -2.40. The van der Waals surface area contributed by atoms with Gasteiger partial charge < -0.3 is 9.42 Å². The van der Waals surface area contributed by atoms with Crippen molar-refractivity contribution >= 4 is 5.91 Å². The number of nitrogens with zero attached hydrogens (tertiary/aromatic N) is 4. The van der Waals surface area contributed by atoms with Crippen molar-refractivity contribution < 1.29 is 9.32 Å². The monoisotopic (exact) mass is 378 g/mol. The first kappa shape index (κ1) is 19.8. The van der Waals surface area contributed by atoms with Gasteiger partial charge in [0.25, 0.3) is 0 Å². The first-order chi connectivity index (χ1) is 13.6. The van der Waals surface area contributed by atoms with Crippen LogP contribution < -0.4 is 0 Å². The molecule has 1 heterocycles. The van der Waals surface area contributed by atoms with Crippen molar-refractivity contribution in [3.05, 3.63) is 72.1 Å². The van der Waals surface area contributed by atoms with E-state index in [-0.39, 0.29) is 18.5 Å². The fourth-order valence-corrected chi connectivity index (χ4v) is 3.25. The minimum atomic E-state index is -0.300. The number of amides is 1. The Kier molecular flexibility index (Phi) is 6.55. The molecule has 1 aromatic heterocycles. The van der Waals surface area contributed by atoms with Crippen molar-refractivity contribution in [1.29, 1.82) is 0 Å². The van der Waals surface area contributed by atoms with Crippen molar-refractivity contribution in [2.45, 2.75) is 19.9 Å². The second-order valence-corrected chi connectivity index (χ2v) is 6.62. The van der Waals surface area contributed by atoms with E-state index in [0.29, 0.717) is 24.8 Å². The van der Waals surface area contributed by atoms with Crippen LogP contribution in [0.25, 0.3) is 11.4 Å². The molecule has 0 spiro atoms. The summed E-state index contributed by atoms with van der Waals surface area (Å²) in [5, 5.41) is 4.15. The van der Waals surface area contributed by atoms with E-state index in [2.05, 4.69) is 10.1 Å². The third-order valence-electron chi connectivity index (χ3n) is 4.76. The minimum Gasteiger partial charge on any atom is -0.342 e. The summed E-state index contributed by atoms with van der Waals surface area (Å²) in [4.78, 5) is 21.0. The first-order valence-electron chi connectivity index (χ1n) is 9.56. The molecule has 1 atom stereocenters. The molecule has 0 aliphatic carbocycles. The van der Waals surface area contributed by atoms with Crippen LogP contribution in [0.3, 0.4) is 0 Å². The molecule has 0 unspecified atom stereocenters. The average molecular weight is 378 g/mol. The van der Waals surface area contributed by atoms with E-state index in [0.717, 1.165) is 11.1 Å². The van der Waals surface area contributed by atoms with Gasteiger partial charge in [-0.2, -0.15) is 4.98 Å². The number of aromatic nitrogens is 2.